The first-order valence-electron chi connectivity index (χ1n) is 8.71. The van der Waals surface area contributed by atoms with Crippen LogP contribution in [0.1, 0.15) is 25.7 Å². The van der Waals surface area contributed by atoms with Crippen LogP contribution in [0.3, 0.4) is 0 Å². The third-order valence-corrected chi connectivity index (χ3v) is 7.87. The molecule has 0 unspecified atom stereocenters. The van der Waals surface area contributed by atoms with Gasteiger partial charge in [0, 0.05) is 10.1 Å². The van der Waals surface area contributed by atoms with Crippen molar-refractivity contribution in [2.45, 2.75) is 46.0 Å². The Labute approximate surface area is 159 Å². The van der Waals surface area contributed by atoms with Gasteiger partial charge in [-0.2, -0.15) is 0 Å². The minimum absolute atomic E-state index is 0.143. The number of hydrogen-bond donors (Lipinski definition) is 0. The van der Waals surface area contributed by atoms with Gasteiger partial charge in [-0.1, -0.05) is 0 Å². The van der Waals surface area contributed by atoms with Gasteiger partial charge in [0.05, 0.1) is 24.4 Å². The second-order valence-electron chi connectivity index (χ2n) is 6.41. The summed E-state index contributed by atoms with van der Waals surface area (Å²) in [6.07, 6.45) is 4.37. The standard InChI is InChI=1S/C10H12O3S.C10H12OS/c1-13-8-2-4-9(5-3-8)14(11,12)10-6-7-10;1-11-8-2-4-9(5-3-8)12-10-6-7-10/h2-5,10H,6-7H2,1H3;2-5,10H,6-7H2,1H3. The molecule has 0 amide bonds. The molecule has 2 aliphatic rings. The van der Waals surface area contributed by atoms with Gasteiger partial charge in [0.1, 0.15) is 11.5 Å². The monoisotopic (exact) mass is 392 g/mol. The van der Waals surface area contributed by atoms with Gasteiger partial charge < -0.3 is 9.47 Å². The summed E-state index contributed by atoms with van der Waals surface area (Å²) in [6.45, 7) is 0. The van der Waals surface area contributed by atoms with Gasteiger partial charge in [-0.25, -0.2) is 8.42 Å². The van der Waals surface area contributed by atoms with Crippen molar-refractivity contribution in [1.29, 1.82) is 0 Å². The second-order valence-corrected chi connectivity index (χ2v) is 10.0. The van der Waals surface area contributed by atoms with Crippen molar-refractivity contribution in [3.63, 3.8) is 0 Å². The first-order valence-corrected chi connectivity index (χ1v) is 11.1. The zero-order valence-corrected chi connectivity index (χ0v) is 16.7. The van der Waals surface area contributed by atoms with Crippen molar-refractivity contribution in [2.75, 3.05) is 14.2 Å². The minimum Gasteiger partial charge on any atom is -0.497 e. The van der Waals surface area contributed by atoms with E-state index in [2.05, 4.69) is 12.1 Å². The van der Waals surface area contributed by atoms with Crippen LogP contribution in [0.4, 0.5) is 0 Å². The number of thioether (sulfide) groups is 1. The van der Waals surface area contributed by atoms with Crippen LogP contribution >= 0.6 is 11.8 Å². The van der Waals surface area contributed by atoms with Gasteiger partial charge in [-0.05, 0) is 74.2 Å². The molecule has 0 bridgehead atoms. The van der Waals surface area contributed by atoms with Crippen molar-refractivity contribution < 1.29 is 17.9 Å². The highest BCUT2D eigenvalue weighted by Gasteiger charge is 2.36. The molecule has 26 heavy (non-hydrogen) atoms. The minimum atomic E-state index is -3.05. The lowest BCUT2D eigenvalue weighted by Gasteiger charge is -2.03. The summed E-state index contributed by atoms with van der Waals surface area (Å²) in [5.74, 6) is 1.62. The van der Waals surface area contributed by atoms with E-state index >= 15 is 0 Å². The molecule has 0 heterocycles. The van der Waals surface area contributed by atoms with Crippen LogP contribution in [0.25, 0.3) is 0 Å². The Morgan fingerprint density at radius 1 is 0.808 bits per heavy atom. The van der Waals surface area contributed by atoms with Gasteiger partial charge >= 0.3 is 0 Å². The van der Waals surface area contributed by atoms with E-state index in [4.69, 9.17) is 9.47 Å². The lowest BCUT2D eigenvalue weighted by Crippen LogP contribution is -2.06. The summed E-state index contributed by atoms with van der Waals surface area (Å²) >= 11 is 1.97. The molecular weight excluding hydrogens is 368 g/mol. The fourth-order valence-corrected chi connectivity index (χ4v) is 5.08. The summed E-state index contributed by atoms with van der Waals surface area (Å²) in [4.78, 5) is 1.76. The maximum absolute atomic E-state index is 11.8. The summed E-state index contributed by atoms with van der Waals surface area (Å²) in [5, 5.41) is 0.745. The molecule has 140 valence electrons. The molecule has 2 aromatic rings. The van der Waals surface area contributed by atoms with E-state index in [1.165, 1.54) is 17.7 Å². The number of methoxy groups -OCH3 is 2. The van der Waals surface area contributed by atoms with E-state index < -0.39 is 9.84 Å². The zero-order valence-electron chi connectivity index (χ0n) is 15.1. The lowest BCUT2D eigenvalue weighted by molar-refractivity contribution is 0.414. The Kier molecular flexibility index (Phi) is 6.14. The molecule has 0 N–H and O–H groups in total. The second kappa shape index (κ2) is 8.35. The van der Waals surface area contributed by atoms with Crippen molar-refractivity contribution in [1.82, 2.24) is 0 Å². The topological polar surface area (TPSA) is 52.6 Å². The molecule has 2 fully saturated rings. The van der Waals surface area contributed by atoms with Crippen LogP contribution in [-0.2, 0) is 9.84 Å². The predicted molar refractivity (Wildman–Crippen MR) is 105 cm³/mol. The average molecular weight is 393 g/mol. The number of hydrogen-bond acceptors (Lipinski definition) is 5. The van der Waals surface area contributed by atoms with E-state index in [0.29, 0.717) is 10.6 Å². The lowest BCUT2D eigenvalue weighted by atomic mass is 10.3. The third-order valence-electron chi connectivity index (χ3n) is 4.24. The Balaban J connectivity index is 0.000000152. The van der Waals surface area contributed by atoms with Crippen LogP contribution in [0, 0.1) is 0 Å². The Hall–Kier alpha value is -1.66. The number of sulfone groups is 1. The molecular formula is C20H24O4S2. The highest BCUT2D eigenvalue weighted by molar-refractivity contribution is 8.00. The normalized spacial score (nSPS) is 16.4. The fraction of sp³-hybridized carbons (Fsp3) is 0.400. The largest absolute Gasteiger partial charge is 0.497 e. The average Bonchev–Trinajstić information content (AvgIpc) is 3.56. The summed E-state index contributed by atoms with van der Waals surface area (Å²) in [7, 11) is 0.211. The van der Waals surface area contributed by atoms with Crippen LogP contribution < -0.4 is 9.47 Å². The molecule has 2 aromatic carbocycles. The van der Waals surface area contributed by atoms with E-state index in [1.54, 1.807) is 38.5 Å². The molecule has 0 atom stereocenters. The van der Waals surface area contributed by atoms with Crippen molar-refractivity contribution in [3.05, 3.63) is 48.5 Å². The molecule has 4 nitrogen and oxygen atoms in total. The maximum Gasteiger partial charge on any atom is 0.181 e. The molecule has 0 spiro atoms. The summed E-state index contributed by atoms with van der Waals surface area (Å²) in [5.41, 5.74) is 0. The van der Waals surface area contributed by atoms with Gasteiger partial charge in [-0.15, -0.1) is 11.8 Å². The number of ether oxygens (including phenoxy) is 2. The smallest absolute Gasteiger partial charge is 0.181 e. The fourth-order valence-electron chi connectivity index (χ4n) is 2.37. The molecule has 0 aliphatic heterocycles. The summed E-state index contributed by atoms with van der Waals surface area (Å²) < 4.78 is 33.6. The molecule has 0 saturated heterocycles. The van der Waals surface area contributed by atoms with Gasteiger partial charge in [0.25, 0.3) is 0 Å². The number of rotatable bonds is 6. The van der Waals surface area contributed by atoms with Gasteiger partial charge in [0.2, 0.25) is 0 Å². The van der Waals surface area contributed by atoms with E-state index in [-0.39, 0.29) is 5.25 Å². The van der Waals surface area contributed by atoms with Crippen LogP contribution in [0.15, 0.2) is 58.3 Å². The highest BCUT2D eigenvalue weighted by Crippen LogP contribution is 2.39. The Morgan fingerprint density at radius 3 is 1.73 bits per heavy atom. The van der Waals surface area contributed by atoms with Gasteiger partial charge in [0.15, 0.2) is 9.84 Å². The highest BCUT2D eigenvalue weighted by atomic mass is 32.2. The summed E-state index contributed by atoms with van der Waals surface area (Å²) in [6, 6.07) is 14.8. The van der Waals surface area contributed by atoms with Gasteiger partial charge in [-0.3, -0.25) is 0 Å². The first-order chi connectivity index (χ1) is 12.5. The Morgan fingerprint density at radius 2 is 1.31 bits per heavy atom. The van der Waals surface area contributed by atoms with E-state index in [9.17, 15) is 8.42 Å². The molecule has 0 radical (unpaired) electrons. The zero-order chi connectivity index (χ0) is 18.6. The molecule has 0 aromatic heterocycles. The number of benzene rings is 2. The molecule has 2 saturated carbocycles. The van der Waals surface area contributed by atoms with Crippen molar-refractivity contribution in [3.8, 4) is 11.5 Å². The van der Waals surface area contributed by atoms with Crippen molar-refractivity contribution in [2.24, 2.45) is 0 Å². The molecule has 6 heteroatoms. The van der Waals surface area contributed by atoms with Crippen LogP contribution in [-0.4, -0.2) is 33.1 Å². The third kappa shape index (κ3) is 5.17. The predicted octanol–water partition coefficient (Wildman–Crippen LogP) is 4.58. The van der Waals surface area contributed by atoms with Crippen LogP contribution in [0.5, 0.6) is 11.5 Å². The van der Waals surface area contributed by atoms with Crippen molar-refractivity contribution >= 4 is 21.6 Å². The SMILES string of the molecule is COc1ccc(S(=O)(=O)C2CC2)cc1.COc1ccc(SC2CC2)cc1. The van der Waals surface area contributed by atoms with E-state index in [1.807, 2.05) is 23.9 Å². The quantitative estimate of drug-likeness (QED) is 0.720. The van der Waals surface area contributed by atoms with Crippen LogP contribution in [0.2, 0.25) is 0 Å². The Bertz CT molecular complexity index is 806. The van der Waals surface area contributed by atoms with E-state index in [0.717, 1.165) is 23.8 Å². The molecule has 4 rings (SSSR count). The molecule has 2 aliphatic carbocycles. The maximum atomic E-state index is 11.8. The first kappa shape index (κ1) is 19.1.